The van der Waals surface area contributed by atoms with Crippen molar-refractivity contribution in [2.75, 3.05) is 5.32 Å². The van der Waals surface area contributed by atoms with Crippen LogP contribution in [0.3, 0.4) is 0 Å². The molecule has 7 nitrogen and oxygen atoms in total. The van der Waals surface area contributed by atoms with Crippen molar-refractivity contribution in [3.8, 4) is 22.5 Å². The van der Waals surface area contributed by atoms with Crippen molar-refractivity contribution in [2.24, 2.45) is 0 Å². The molecule has 5 rings (SSSR count). The first-order valence-electron chi connectivity index (χ1n) is 10.1. The van der Waals surface area contributed by atoms with Gasteiger partial charge in [0.15, 0.2) is 11.6 Å². The number of carbonyl (C=O) groups excluding carboxylic acids is 1. The molecule has 2 aromatic carbocycles. The van der Waals surface area contributed by atoms with E-state index < -0.39 is 0 Å². The van der Waals surface area contributed by atoms with Gasteiger partial charge in [0.1, 0.15) is 5.82 Å². The molecule has 0 amide bonds. The summed E-state index contributed by atoms with van der Waals surface area (Å²) < 4.78 is 0. The lowest BCUT2D eigenvalue weighted by Gasteiger charge is -2.08. The minimum absolute atomic E-state index is 0.0963. The second kappa shape index (κ2) is 7.87. The van der Waals surface area contributed by atoms with Crippen LogP contribution in [-0.4, -0.2) is 30.9 Å². The maximum absolute atomic E-state index is 12.0. The lowest BCUT2D eigenvalue weighted by molar-refractivity contribution is 0.0984. The van der Waals surface area contributed by atoms with Crippen LogP contribution in [0.1, 0.15) is 23.8 Å². The van der Waals surface area contributed by atoms with E-state index in [-0.39, 0.29) is 5.78 Å². The van der Waals surface area contributed by atoms with Crippen LogP contribution in [0.15, 0.2) is 73.2 Å². The van der Waals surface area contributed by atoms with Crippen LogP contribution in [0.5, 0.6) is 0 Å². The minimum atomic E-state index is 0.0963. The standard InChI is InChI=1S/C24H20N6O/c1-2-22(31)21-11-16-3-4-17(12-20(16)29-21)24-25-10-9-23(30-24)28-19-7-5-15(6-8-19)18-13-26-27-14-18/h3-14,29H,2H2,1H3,(H,26,27)(H,25,28,30). The fourth-order valence-corrected chi connectivity index (χ4v) is 3.48. The highest BCUT2D eigenvalue weighted by Crippen LogP contribution is 2.25. The molecule has 0 atom stereocenters. The van der Waals surface area contributed by atoms with E-state index in [2.05, 4.69) is 30.5 Å². The number of benzene rings is 2. The fourth-order valence-electron chi connectivity index (χ4n) is 3.48. The quantitative estimate of drug-likeness (QED) is 0.329. The number of ketones is 1. The monoisotopic (exact) mass is 408 g/mol. The van der Waals surface area contributed by atoms with E-state index in [1.807, 2.05) is 67.7 Å². The number of H-pyrrole nitrogens is 2. The number of nitrogens with one attached hydrogen (secondary N) is 3. The van der Waals surface area contributed by atoms with Crippen molar-refractivity contribution >= 4 is 28.2 Å². The molecule has 31 heavy (non-hydrogen) atoms. The Kier molecular flexibility index (Phi) is 4.76. The number of hydrogen-bond donors (Lipinski definition) is 3. The van der Waals surface area contributed by atoms with Gasteiger partial charge in [-0.1, -0.05) is 31.2 Å². The van der Waals surface area contributed by atoms with Crippen molar-refractivity contribution in [2.45, 2.75) is 13.3 Å². The highest BCUT2D eigenvalue weighted by Gasteiger charge is 2.10. The maximum Gasteiger partial charge on any atom is 0.178 e. The van der Waals surface area contributed by atoms with Crippen LogP contribution in [-0.2, 0) is 0 Å². The van der Waals surface area contributed by atoms with Gasteiger partial charge in [0, 0.05) is 46.5 Å². The largest absolute Gasteiger partial charge is 0.352 e. The molecule has 3 heterocycles. The number of hydrogen-bond acceptors (Lipinski definition) is 5. The third-order valence-corrected chi connectivity index (χ3v) is 5.15. The van der Waals surface area contributed by atoms with Crippen molar-refractivity contribution < 1.29 is 4.79 Å². The summed E-state index contributed by atoms with van der Waals surface area (Å²) in [5.74, 6) is 1.41. The SMILES string of the molecule is CCC(=O)c1cc2ccc(-c3nccc(Nc4ccc(-c5cn[nH]c5)cc4)n3)cc2[nH]1. The van der Waals surface area contributed by atoms with Crippen molar-refractivity contribution in [3.63, 3.8) is 0 Å². The number of rotatable bonds is 6. The van der Waals surface area contributed by atoms with E-state index in [0.29, 0.717) is 23.8 Å². The predicted molar refractivity (Wildman–Crippen MR) is 121 cm³/mol. The van der Waals surface area contributed by atoms with Gasteiger partial charge in [-0.2, -0.15) is 5.10 Å². The Morgan fingerprint density at radius 2 is 1.84 bits per heavy atom. The average Bonchev–Trinajstić information content (AvgIpc) is 3.49. The molecular weight excluding hydrogens is 388 g/mol. The second-order valence-electron chi connectivity index (χ2n) is 7.22. The highest BCUT2D eigenvalue weighted by molar-refractivity contribution is 5.99. The zero-order valence-electron chi connectivity index (χ0n) is 16.9. The van der Waals surface area contributed by atoms with E-state index in [0.717, 1.165) is 33.3 Å². The second-order valence-corrected chi connectivity index (χ2v) is 7.22. The lowest BCUT2D eigenvalue weighted by atomic mass is 10.1. The molecule has 152 valence electrons. The van der Waals surface area contributed by atoms with Gasteiger partial charge in [-0.05, 0) is 35.9 Å². The number of nitrogens with zero attached hydrogens (tertiary/aromatic N) is 3. The van der Waals surface area contributed by atoms with E-state index >= 15 is 0 Å². The molecule has 5 aromatic rings. The molecule has 7 heteroatoms. The van der Waals surface area contributed by atoms with E-state index in [1.54, 1.807) is 12.4 Å². The Bertz CT molecular complexity index is 1350. The zero-order chi connectivity index (χ0) is 21.2. The van der Waals surface area contributed by atoms with Crippen molar-refractivity contribution in [3.05, 3.63) is 78.9 Å². The molecule has 0 aliphatic rings. The van der Waals surface area contributed by atoms with Crippen LogP contribution >= 0.6 is 0 Å². The summed E-state index contributed by atoms with van der Waals surface area (Å²) in [7, 11) is 0. The summed E-state index contributed by atoms with van der Waals surface area (Å²) in [6, 6.07) is 17.7. The summed E-state index contributed by atoms with van der Waals surface area (Å²) >= 11 is 0. The van der Waals surface area contributed by atoms with Gasteiger partial charge in [0.25, 0.3) is 0 Å². The summed E-state index contributed by atoms with van der Waals surface area (Å²) in [4.78, 5) is 24.3. The van der Waals surface area contributed by atoms with Gasteiger partial charge in [-0.15, -0.1) is 0 Å². The number of Topliss-reactive ketones (excluding diaryl/α,β-unsaturated/α-hetero) is 1. The van der Waals surface area contributed by atoms with Crippen LogP contribution in [0.4, 0.5) is 11.5 Å². The molecule has 0 fully saturated rings. The third-order valence-electron chi connectivity index (χ3n) is 5.15. The van der Waals surface area contributed by atoms with Gasteiger partial charge in [-0.25, -0.2) is 9.97 Å². The van der Waals surface area contributed by atoms with Gasteiger partial charge < -0.3 is 10.3 Å². The average molecular weight is 408 g/mol. The first-order valence-corrected chi connectivity index (χ1v) is 10.1. The predicted octanol–water partition coefficient (Wildman–Crippen LogP) is 5.35. The molecule has 0 unspecified atom stereocenters. The first-order chi connectivity index (χ1) is 15.2. The van der Waals surface area contributed by atoms with Gasteiger partial charge in [0.2, 0.25) is 0 Å². The maximum atomic E-state index is 12.0. The van der Waals surface area contributed by atoms with Crippen molar-refractivity contribution in [1.29, 1.82) is 0 Å². The normalized spacial score (nSPS) is 11.0. The summed E-state index contributed by atoms with van der Waals surface area (Å²) in [5.41, 5.74) is 5.46. The Labute approximate surface area is 178 Å². The molecule has 0 saturated heterocycles. The number of fused-ring (bicyclic) bond motifs is 1. The fraction of sp³-hybridized carbons (Fsp3) is 0.0833. The van der Waals surface area contributed by atoms with Crippen LogP contribution in [0, 0.1) is 0 Å². The Balaban J connectivity index is 1.39. The number of carbonyl (C=O) groups is 1. The summed E-state index contributed by atoms with van der Waals surface area (Å²) in [6.45, 7) is 1.86. The minimum Gasteiger partial charge on any atom is -0.352 e. The van der Waals surface area contributed by atoms with Crippen LogP contribution < -0.4 is 5.32 Å². The van der Waals surface area contributed by atoms with Crippen LogP contribution in [0.2, 0.25) is 0 Å². The molecule has 0 aliphatic heterocycles. The number of aromatic amines is 2. The molecule has 0 radical (unpaired) electrons. The van der Waals surface area contributed by atoms with E-state index in [4.69, 9.17) is 0 Å². The smallest absolute Gasteiger partial charge is 0.178 e. The first kappa shape index (κ1) is 18.7. The molecule has 0 saturated carbocycles. The third kappa shape index (κ3) is 3.81. The highest BCUT2D eigenvalue weighted by atomic mass is 16.1. The van der Waals surface area contributed by atoms with Crippen LogP contribution in [0.25, 0.3) is 33.4 Å². The Morgan fingerprint density at radius 1 is 1.00 bits per heavy atom. The topological polar surface area (TPSA) is 99.3 Å². The lowest BCUT2D eigenvalue weighted by Crippen LogP contribution is -1.97. The number of aromatic nitrogens is 5. The van der Waals surface area contributed by atoms with E-state index in [1.165, 1.54) is 0 Å². The molecule has 0 aliphatic carbocycles. The summed E-state index contributed by atoms with van der Waals surface area (Å²) in [6.07, 6.45) is 5.86. The molecular formula is C24H20N6O. The van der Waals surface area contributed by atoms with E-state index in [9.17, 15) is 4.79 Å². The van der Waals surface area contributed by atoms with Crippen molar-refractivity contribution in [1.82, 2.24) is 25.1 Å². The Morgan fingerprint density at radius 3 is 2.61 bits per heavy atom. The molecule has 3 aromatic heterocycles. The van der Waals surface area contributed by atoms with Gasteiger partial charge in [0.05, 0.1) is 11.9 Å². The molecule has 0 spiro atoms. The Hall–Kier alpha value is -4.26. The number of anilines is 2. The molecule has 0 bridgehead atoms. The summed E-state index contributed by atoms with van der Waals surface area (Å²) in [5, 5.41) is 11.1. The molecule has 3 N–H and O–H groups in total. The zero-order valence-corrected chi connectivity index (χ0v) is 16.9. The van der Waals surface area contributed by atoms with Gasteiger partial charge in [-0.3, -0.25) is 9.89 Å². The van der Waals surface area contributed by atoms with Gasteiger partial charge >= 0.3 is 0 Å².